The Balaban J connectivity index is 1.54. The first-order valence-electron chi connectivity index (χ1n) is 11.5. The largest absolute Gasteiger partial charge is 0.462 e. The summed E-state index contributed by atoms with van der Waals surface area (Å²) in [5, 5.41) is 1.79. The van der Waals surface area contributed by atoms with Crippen LogP contribution in [0.5, 0.6) is 0 Å². The van der Waals surface area contributed by atoms with Crippen LogP contribution in [-0.2, 0) is 14.3 Å². The van der Waals surface area contributed by atoms with E-state index in [4.69, 9.17) is 4.74 Å². The van der Waals surface area contributed by atoms with Crippen molar-refractivity contribution in [3.8, 4) is 5.69 Å². The minimum Gasteiger partial charge on any atom is -0.462 e. The molecule has 0 unspecified atom stereocenters. The van der Waals surface area contributed by atoms with E-state index in [-0.39, 0.29) is 17.2 Å². The Kier molecular flexibility index (Phi) is 7.58. The van der Waals surface area contributed by atoms with E-state index >= 15 is 0 Å². The minimum absolute atomic E-state index is 0.0329. The average Bonchev–Trinajstić information content (AvgIpc) is 3.29. The molecule has 1 aromatic heterocycles. The maximum Gasteiger partial charge on any atom is 0.338 e. The van der Waals surface area contributed by atoms with E-state index in [9.17, 15) is 23.6 Å². The zero-order chi connectivity index (χ0) is 26.7. The van der Waals surface area contributed by atoms with E-state index in [0.717, 1.165) is 33.7 Å². The lowest BCUT2D eigenvalue weighted by Crippen LogP contribution is -2.36. The predicted molar refractivity (Wildman–Crippen MR) is 139 cm³/mol. The van der Waals surface area contributed by atoms with Gasteiger partial charge in [-0.3, -0.25) is 19.3 Å². The highest BCUT2D eigenvalue weighted by Crippen LogP contribution is 2.34. The lowest BCUT2D eigenvalue weighted by atomic mass is 10.2. The normalized spacial score (nSPS) is 14.4. The molecular weight excluding hydrogens is 497 g/mol. The van der Waals surface area contributed by atoms with Crippen LogP contribution in [-0.4, -0.2) is 45.6 Å². The van der Waals surface area contributed by atoms with E-state index in [1.165, 1.54) is 18.2 Å². The second kappa shape index (κ2) is 10.8. The SMILES string of the molecule is CCOC(=O)c1cccc(-n2c(C)cc(/C=C3\SC(=O)N(CC(=O)Nc4ccccc4F)C3=O)c2C)c1. The Morgan fingerprint density at radius 1 is 1.08 bits per heavy atom. The number of esters is 1. The Morgan fingerprint density at radius 2 is 1.84 bits per heavy atom. The van der Waals surface area contributed by atoms with Gasteiger partial charge in [-0.2, -0.15) is 0 Å². The second-order valence-corrected chi connectivity index (χ2v) is 9.22. The molecule has 0 bridgehead atoms. The molecule has 8 nitrogen and oxygen atoms in total. The fraction of sp³-hybridized carbons (Fsp3) is 0.185. The van der Waals surface area contributed by atoms with Gasteiger partial charge in [0, 0.05) is 17.1 Å². The number of carbonyl (C=O) groups is 4. The summed E-state index contributed by atoms with van der Waals surface area (Å²) < 4.78 is 20.8. The Bertz CT molecular complexity index is 1450. The van der Waals surface area contributed by atoms with Crippen LogP contribution in [0.25, 0.3) is 11.8 Å². The highest BCUT2D eigenvalue weighted by Gasteiger charge is 2.36. The first kappa shape index (κ1) is 25.9. The van der Waals surface area contributed by atoms with E-state index in [2.05, 4.69) is 5.32 Å². The molecule has 37 heavy (non-hydrogen) atoms. The number of hydrogen-bond donors (Lipinski definition) is 1. The molecule has 0 aliphatic carbocycles. The number of aryl methyl sites for hydroxylation is 1. The van der Waals surface area contributed by atoms with Gasteiger partial charge in [0.15, 0.2) is 0 Å². The van der Waals surface area contributed by atoms with Gasteiger partial charge in [0.2, 0.25) is 5.91 Å². The van der Waals surface area contributed by atoms with Gasteiger partial charge in [-0.1, -0.05) is 18.2 Å². The topological polar surface area (TPSA) is 97.7 Å². The summed E-state index contributed by atoms with van der Waals surface area (Å²) in [5.41, 5.74) is 3.49. The second-order valence-electron chi connectivity index (χ2n) is 8.23. The highest BCUT2D eigenvalue weighted by molar-refractivity contribution is 8.18. The molecule has 3 amide bonds. The molecule has 1 aliphatic heterocycles. The molecule has 1 N–H and O–H groups in total. The van der Waals surface area contributed by atoms with Gasteiger partial charge >= 0.3 is 5.97 Å². The third-order valence-corrected chi connectivity index (χ3v) is 6.60. The van der Waals surface area contributed by atoms with Gasteiger partial charge in [0.25, 0.3) is 11.1 Å². The lowest BCUT2D eigenvalue weighted by Gasteiger charge is -2.12. The van der Waals surface area contributed by atoms with Crippen LogP contribution in [0.1, 0.15) is 34.2 Å². The smallest absolute Gasteiger partial charge is 0.338 e. The third kappa shape index (κ3) is 5.49. The molecular formula is C27H24FN3O5S. The number of nitrogens with one attached hydrogen (secondary N) is 1. The fourth-order valence-electron chi connectivity index (χ4n) is 3.99. The molecule has 10 heteroatoms. The first-order chi connectivity index (χ1) is 17.7. The van der Waals surface area contributed by atoms with E-state index in [0.29, 0.717) is 11.1 Å². The van der Waals surface area contributed by atoms with Crippen LogP contribution in [0.2, 0.25) is 0 Å². The van der Waals surface area contributed by atoms with Crippen molar-refractivity contribution >= 4 is 46.5 Å². The van der Waals surface area contributed by atoms with Gasteiger partial charge in [-0.05, 0) is 80.6 Å². The lowest BCUT2D eigenvalue weighted by molar-refractivity contribution is -0.127. The van der Waals surface area contributed by atoms with Gasteiger partial charge in [0.1, 0.15) is 12.4 Å². The summed E-state index contributed by atoms with van der Waals surface area (Å²) in [7, 11) is 0. The van der Waals surface area contributed by atoms with Crippen molar-refractivity contribution in [3.63, 3.8) is 0 Å². The van der Waals surface area contributed by atoms with Crippen LogP contribution in [0.3, 0.4) is 0 Å². The van der Waals surface area contributed by atoms with Crippen LogP contribution in [0.4, 0.5) is 14.9 Å². The zero-order valence-corrected chi connectivity index (χ0v) is 21.2. The van der Waals surface area contributed by atoms with Crippen molar-refractivity contribution in [2.45, 2.75) is 20.8 Å². The number of aromatic nitrogens is 1. The van der Waals surface area contributed by atoms with Crippen molar-refractivity contribution in [2.75, 3.05) is 18.5 Å². The number of carbonyl (C=O) groups excluding carboxylic acids is 4. The number of hydrogen-bond acceptors (Lipinski definition) is 6. The molecule has 2 heterocycles. The quantitative estimate of drug-likeness (QED) is 0.344. The maximum absolute atomic E-state index is 13.8. The minimum atomic E-state index is -0.687. The molecule has 0 radical (unpaired) electrons. The third-order valence-electron chi connectivity index (χ3n) is 5.70. The summed E-state index contributed by atoms with van der Waals surface area (Å²) in [6.45, 7) is 5.23. The van der Waals surface area contributed by atoms with Gasteiger partial charge in [-0.15, -0.1) is 0 Å². The molecule has 190 valence electrons. The summed E-state index contributed by atoms with van der Waals surface area (Å²) in [4.78, 5) is 51.0. The number of para-hydroxylation sites is 1. The van der Waals surface area contributed by atoms with Crippen LogP contribution in [0, 0.1) is 19.7 Å². The maximum atomic E-state index is 13.8. The van der Waals surface area contributed by atoms with E-state index in [1.807, 2.05) is 30.5 Å². The molecule has 2 aromatic carbocycles. The Labute approximate surface area is 217 Å². The standard InChI is InChI=1S/C27H24FN3O5S/c1-4-36-26(34)18-8-7-9-20(13-18)31-16(2)12-19(17(31)3)14-23-25(33)30(27(35)37-23)15-24(32)29-22-11-6-5-10-21(22)28/h5-14H,4,15H2,1-3H3,(H,29,32)/b23-14-. The number of anilines is 1. The summed E-state index contributed by atoms with van der Waals surface area (Å²) >= 11 is 0.734. The van der Waals surface area contributed by atoms with Crippen molar-refractivity contribution < 1.29 is 28.3 Å². The number of benzene rings is 2. The number of ether oxygens (including phenoxy) is 1. The molecule has 3 aromatic rings. The van der Waals surface area contributed by atoms with Crippen molar-refractivity contribution in [1.82, 2.24) is 9.47 Å². The first-order valence-corrected chi connectivity index (χ1v) is 12.3. The average molecular weight is 522 g/mol. The number of rotatable bonds is 7. The van der Waals surface area contributed by atoms with Gasteiger partial charge in [0.05, 0.1) is 22.8 Å². The molecule has 4 rings (SSSR count). The molecule has 1 saturated heterocycles. The van der Waals surface area contributed by atoms with Crippen molar-refractivity contribution in [1.29, 1.82) is 0 Å². The highest BCUT2D eigenvalue weighted by atomic mass is 32.2. The van der Waals surface area contributed by atoms with Gasteiger partial charge in [-0.25, -0.2) is 9.18 Å². The van der Waals surface area contributed by atoms with Gasteiger partial charge < -0.3 is 14.6 Å². The number of nitrogens with zero attached hydrogens (tertiary/aromatic N) is 2. The monoisotopic (exact) mass is 521 g/mol. The molecule has 1 fully saturated rings. The number of halogens is 1. The predicted octanol–water partition coefficient (Wildman–Crippen LogP) is 5.08. The number of imide groups is 1. The summed E-state index contributed by atoms with van der Waals surface area (Å²) in [6.07, 6.45) is 1.60. The van der Waals surface area contributed by atoms with Crippen molar-refractivity contribution in [2.24, 2.45) is 0 Å². The molecule has 1 aliphatic rings. The van der Waals surface area contributed by atoms with E-state index < -0.39 is 35.4 Å². The van der Waals surface area contributed by atoms with Crippen molar-refractivity contribution in [3.05, 3.63) is 87.8 Å². The number of amides is 3. The van der Waals surface area contributed by atoms with Crippen LogP contribution < -0.4 is 5.32 Å². The molecule has 0 saturated carbocycles. The molecule has 0 spiro atoms. The summed E-state index contributed by atoms with van der Waals surface area (Å²) in [6, 6.07) is 14.5. The molecule has 0 atom stereocenters. The van der Waals surface area contributed by atoms with E-state index in [1.54, 1.807) is 37.3 Å². The van der Waals surface area contributed by atoms with Crippen LogP contribution >= 0.6 is 11.8 Å². The Morgan fingerprint density at radius 3 is 2.57 bits per heavy atom. The Hall–Kier alpha value is -4.18. The zero-order valence-electron chi connectivity index (χ0n) is 20.4. The summed E-state index contributed by atoms with van der Waals surface area (Å²) in [5.74, 6) is -2.33. The fourth-order valence-corrected chi connectivity index (χ4v) is 4.82. The van der Waals surface area contributed by atoms with Crippen LogP contribution in [0.15, 0.2) is 59.5 Å². The number of thioether (sulfide) groups is 1.